The molecule has 1 aliphatic rings. The zero-order chi connectivity index (χ0) is 14.1. The highest BCUT2D eigenvalue weighted by Crippen LogP contribution is 2.37. The van der Waals surface area contributed by atoms with Crippen molar-refractivity contribution in [3.63, 3.8) is 0 Å². The lowest BCUT2D eigenvalue weighted by molar-refractivity contribution is 0.0506. The van der Waals surface area contributed by atoms with Gasteiger partial charge in [0.25, 0.3) is 0 Å². The Morgan fingerprint density at radius 2 is 1.95 bits per heavy atom. The van der Waals surface area contributed by atoms with Crippen molar-refractivity contribution in [2.75, 3.05) is 13.1 Å². The van der Waals surface area contributed by atoms with Gasteiger partial charge in [0.15, 0.2) is 0 Å². The second-order valence-electron chi connectivity index (χ2n) is 7.08. The van der Waals surface area contributed by atoms with Crippen molar-refractivity contribution in [3.8, 4) is 0 Å². The van der Waals surface area contributed by atoms with Gasteiger partial charge in [-0.1, -0.05) is 6.92 Å². The van der Waals surface area contributed by atoms with Gasteiger partial charge in [0.1, 0.15) is 0 Å². The van der Waals surface area contributed by atoms with Crippen molar-refractivity contribution >= 4 is 15.9 Å². The maximum atomic E-state index is 4.52. The van der Waals surface area contributed by atoms with Crippen molar-refractivity contribution in [1.82, 2.24) is 9.88 Å². The van der Waals surface area contributed by atoms with E-state index in [-0.39, 0.29) is 0 Å². The number of hydrogen-bond acceptors (Lipinski definition) is 2. The largest absolute Gasteiger partial charge is 0.298 e. The summed E-state index contributed by atoms with van der Waals surface area (Å²) in [5, 5.41) is 0. The molecule has 2 heterocycles. The van der Waals surface area contributed by atoms with E-state index in [4.69, 9.17) is 0 Å². The van der Waals surface area contributed by atoms with E-state index in [0.29, 0.717) is 11.0 Å². The topological polar surface area (TPSA) is 16.1 Å². The number of halogens is 1. The lowest BCUT2D eigenvalue weighted by Crippen LogP contribution is -2.48. The molecule has 0 atom stereocenters. The van der Waals surface area contributed by atoms with Crippen LogP contribution in [0.4, 0.5) is 0 Å². The highest BCUT2D eigenvalue weighted by molar-refractivity contribution is 9.10. The molecule has 106 valence electrons. The van der Waals surface area contributed by atoms with Crippen molar-refractivity contribution in [1.29, 1.82) is 0 Å². The molecule has 1 fully saturated rings. The molecule has 2 rings (SSSR count). The van der Waals surface area contributed by atoms with Gasteiger partial charge in [0, 0.05) is 16.2 Å². The molecule has 1 aromatic rings. The Balaban J connectivity index is 2.01. The zero-order valence-electron chi connectivity index (χ0n) is 12.5. The maximum Gasteiger partial charge on any atom is 0.0550 e. The van der Waals surface area contributed by atoms with Crippen LogP contribution in [0.3, 0.4) is 0 Å². The minimum atomic E-state index is 0.299. The van der Waals surface area contributed by atoms with Crippen molar-refractivity contribution < 1.29 is 0 Å². The van der Waals surface area contributed by atoms with Gasteiger partial charge in [-0.15, -0.1) is 0 Å². The smallest absolute Gasteiger partial charge is 0.0550 e. The fourth-order valence-electron chi connectivity index (χ4n) is 2.85. The maximum absolute atomic E-state index is 4.52. The molecule has 0 aliphatic carbocycles. The Kier molecular flexibility index (Phi) is 4.36. The number of piperidine rings is 1. The molecule has 0 spiro atoms. The molecule has 0 saturated carbocycles. The van der Waals surface area contributed by atoms with E-state index >= 15 is 0 Å². The van der Waals surface area contributed by atoms with E-state index in [0.717, 1.165) is 10.9 Å². The number of aromatic nitrogens is 1. The van der Waals surface area contributed by atoms with E-state index < -0.39 is 0 Å². The predicted molar refractivity (Wildman–Crippen MR) is 84.3 cm³/mol. The van der Waals surface area contributed by atoms with E-state index in [2.05, 4.69) is 59.6 Å². The van der Waals surface area contributed by atoms with E-state index in [1.165, 1.54) is 31.6 Å². The van der Waals surface area contributed by atoms with Gasteiger partial charge in [-0.3, -0.25) is 9.88 Å². The van der Waals surface area contributed by atoms with E-state index in [1.54, 1.807) is 0 Å². The number of hydrogen-bond donors (Lipinski definition) is 0. The molecule has 0 N–H and O–H groups in total. The van der Waals surface area contributed by atoms with Crippen LogP contribution in [0.5, 0.6) is 0 Å². The number of pyridine rings is 1. The lowest BCUT2D eigenvalue weighted by atomic mass is 9.76. The van der Waals surface area contributed by atoms with Crippen molar-refractivity contribution in [2.45, 2.75) is 52.5 Å². The van der Waals surface area contributed by atoms with Gasteiger partial charge < -0.3 is 0 Å². The van der Waals surface area contributed by atoms with Crippen molar-refractivity contribution in [2.24, 2.45) is 5.41 Å². The molecule has 1 aromatic heterocycles. The summed E-state index contributed by atoms with van der Waals surface area (Å²) in [6, 6.07) is 4.08. The third-order valence-electron chi connectivity index (χ3n) is 4.35. The van der Waals surface area contributed by atoms with E-state index in [9.17, 15) is 0 Å². The molecule has 2 nitrogen and oxygen atoms in total. The highest BCUT2D eigenvalue weighted by Gasteiger charge is 2.34. The van der Waals surface area contributed by atoms with Crippen LogP contribution in [-0.2, 0) is 6.42 Å². The van der Waals surface area contributed by atoms with Crippen LogP contribution in [0.15, 0.2) is 22.8 Å². The summed E-state index contributed by atoms with van der Waals surface area (Å²) in [5.41, 5.74) is 1.89. The molecule has 0 aromatic carbocycles. The molecular formula is C16H25BrN2. The van der Waals surface area contributed by atoms with Gasteiger partial charge >= 0.3 is 0 Å². The minimum Gasteiger partial charge on any atom is -0.298 e. The lowest BCUT2D eigenvalue weighted by Gasteiger charge is -2.45. The van der Waals surface area contributed by atoms with Gasteiger partial charge in [0.05, 0.1) is 5.69 Å². The molecule has 1 saturated heterocycles. The zero-order valence-corrected chi connectivity index (χ0v) is 14.1. The van der Waals surface area contributed by atoms with Crippen LogP contribution >= 0.6 is 15.9 Å². The third kappa shape index (κ3) is 3.79. The first-order valence-corrected chi connectivity index (χ1v) is 7.94. The number of likely N-dealkylation sites (tertiary alicyclic amines) is 1. The SMILES string of the molecule is CC1(Cc2ncccc2Br)CCN(C(C)(C)C)CC1. The number of rotatable bonds is 2. The molecule has 0 bridgehead atoms. The van der Waals surface area contributed by atoms with Crippen LogP contribution in [0.1, 0.15) is 46.2 Å². The normalized spacial score (nSPS) is 20.5. The summed E-state index contributed by atoms with van der Waals surface area (Å²) < 4.78 is 1.15. The fourth-order valence-corrected chi connectivity index (χ4v) is 3.24. The second-order valence-corrected chi connectivity index (χ2v) is 7.93. The molecule has 0 unspecified atom stereocenters. The quantitative estimate of drug-likeness (QED) is 0.806. The second kappa shape index (κ2) is 5.53. The Hall–Kier alpha value is -0.410. The first kappa shape index (κ1) is 15.0. The van der Waals surface area contributed by atoms with E-state index in [1.807, 2.05) is 12.3 Å². The summed E-state index contributed by atoms with van der Waals surface area (Å²) in [4.78, 5) is 7.12. The van der Waals surface area contributed by atoms with Crippen LogP contribution in [0, 0.1) is 5.41 Å². The predicted octanol–water partition coefficient (Wildman–Crippen LogP) is 4.29. The fraction of sp³-hybridized carbons (Fsp3) is 0.688. The van der Waals surface area contributed by atoms with Gasteiger partial charge in [-0.05, 0) is 86.6 Å². The minimum absolute atomic E-state index is 0.299. The Morgan fingerprint density at radius 3 is 2.47 bits per heavy atom. The molecule has 0 radical (unpaired) electrons. The first-order valence-electron chi connectivity index (χ1n) is 7.15. The van der Waals surface area contributed by atoms with Crippen molar-refractivity contribution in [3.05, 3.63) is 28.5 Å². The Bertz CT molecular complexity index is 429. The molecule has 0 amide bonds. The Morgan fingerprint density at radius 1 is 1.32 bits per heavy atom. The van der Waals surface area contributed by atoms with Crippen LogP contribution < -0.4 is 0 Å². The highest BCUT2D eigenvalue weighted by atomic mass is 79.9. The summed E-state index contributed by atoms with van der Waals surface area (Å²) in [7, 11) is 0. The summed E-state index contributed by atoms with van der Waals surface area (Å²) in [6.07, 6.45) is 5.49. The monoisotopic (exact) mass is 324 g/mol. The molecule has 1 aliphatic heterocycles. The average molecular weight is 325 g/mol. The molecular weight excluding hydrogens is 300 g/mol. The molecule has 3 heteroatoms. The van der Waals surface area contributed by atoms with Crippen LogP contribution in [0.2, 0.25) is 0 Å². The summed E-state index contributed by atoms with van der Waals surface area (Å²) in [5.74, 6) is 0. The molecule has 19 heavy (non-hydrogen) atoms. The summed E-state index contributed by atoms with van der Waals surface area (Å²) in [6.45, 7) is 11.7. The van der Waals surface area contributed by atoms with Gasteiger partial charge in [-0.25, -0.2) is 0 Å². The van der Waals surface area contributed by atoms with Crippen LogP contribution in [0.25, 0.3) is 0 Å². The van der Waals surface area contributed by atoms with Gasteiger partial charge in [0.2, 0.25) is 0 Å². The standard InChI is InChI=1S/C16H25BrN2/c1-15(2,3)19-10-7-16(4,8-11-19)12-14-13(17)6-5-9-18-14/h5-6,9H,7-8,10-12H2,1-4H3. The Labute approximate surface area is 125 Å². The number of nitrogens with zero attached hydrogens (tertiary/aromatic N) is 2. The van der Waals surface area contributed by atoms with Gasteiger partial charge in [-0.2, -0.15) is 0 Å². The first-order chi connectivity index (χ1) is 8.80. The third-order valence-corrected chi connectivity index (χ3v) is 5.07. The van der Waals surface area contributed by atoms with Crippen LogP contribution in [-0.4, -0.2) is 28.5 Å². The average Bonchev–Trinajstić information content (AvgIpc) is 2.31. The summed E-state index contributed by atoms with van der Waals surface area (Å²) >= 11 is 3.62.